The molecule has 3 N–H and O–H groups in total. The summed E-state index contributed by atoms with van der Waals surface area (Å²) >= 11 is 0. The van der Waals surface area contributed by atoms with E-state index in [2.05, 4.69) is 5.32 Å². The van der Waals surface area contributed by atoms with Gasteiger partial charge in [-0.25, -0.2) is 0 Å². The minimum Gasteiger partial charge on any atom is -0.399 e. The van der Waals surface area contributed by atoms with Gasteiger partial charge in [-0.15, -0.1) is 0 Å². The van der Waals surface area contributed by atoms with Crippen LogP contribution in [0.15, 0.2) is 24.3 Å². The van der Waals surface area contributed by atoms with Crippen LogP contribution in [0.25, 0.3) is 0 Å². The molecule has 1 heterocycles. The number of piperazine rings is 1. The molecule has 1 aromatic rings. The van der Waals surface area contributed by atoms with E-state index in [0.29, 0.717) is 30.9 Å². The first-order valence-corrected chi connectivity index (χ1v) is 6.66. The second-order valence-corrected chi connectivity index (χ2v) is 5.02. The summed E-state index contributed by atoms with van der Waals surface area (Å²) in [6.07, 6.45) is 0.367. The number of carbonyl (C=O) groups excluding carboxylic acids is 2. The molecule has 0 aliphatic carbocycles. The summed E-state index contributed by atoms with van der Waals surface area (Å²) in [6.45, 7) is 2.51. The van der Waals surface area contributed by atoms with E-state index in [1.54, 1.807) is 36.2 Å². The van der Waals surface area contributed by atoms with Gasteiger partial charge in [-0.05, 0) is 18.2 Å². The first-order chi connectivity index (χ1) is 9.54. The van der Waals surface area contributed by atoms with Gasteiger partial charge in [0.1, 0.15) is 0 Å². The van der Waals surface area contributed by atoms with Gasteiger partial charge in [0, 0.05) is 44.5 Å². The Morgan fingerprint density at radius 3 is 2.90 bits per heavy atom. The molecule has 0 unspecified atom stereocenters. The van der Waals surface area contributed by atoms with E-state index in [1.165, 1.54) is 0 Å². The fourth-order valence-corrected chi connectivity index (χ4v) is 2.10. The lowest BCUT2D eigenvalue weighted by molar-refractivity contribution is -0.134. The minimum atomic E-state index is -0.0676. The van der Waals surface area contributed by atoms with E-state index in [9.17, 15) is 9.59 Å². The van der Waals surface area contributed by atoms with Crippen LogP contribution in [-0.2, 0) is 9.59 Å². The van der Waals surface area contributed by atoms with Crippen LogP contribution in [0.4, 0.5) is 11.4 Å². The molecule has 108 valence electrons. The Balaban J connectivity index is 1.77. The van der Waals surface area contributed by atoms with Crippen LogP contribution < -0.4 is 11.1 Å². The third kappa shape index (κ3) is 3.96. The zero-order chi connectivity index (χ0) is 14.5. The number of nitrogens with two attached hydrogens (primary N) is 1. The Bertz CT molecular complexity index is 504. The number of nitrogen functional groups attached to an aromatic ring is 1. The fourth-order valence-electron chi connectivity index (χ4n) is 2.10. The molecule has 1 aliphatic heterocycles. The molecule has 2 rings (SSSR count). The highest BCUT2D eigenvalue weighted by Crippen LogP contribution is 2.12. The second-order valence-electron chi connectivity index (χ2n) is 5.02. The number of hydrogen-bond donors (Lipinski definition) is 2. The molecule has 0 aromatic heterocycles. The van der Waals surface area contributed by atoms with Gasteiger partial charge in [0.15, 0.2) is 0 Å². The van der Waals surface area contributed by atoms with Crippen LogP contribution in [0.5, 0.6) is 0 Å². The first-order valence-electron chi connectivity index (χ1n) is 6.66. The van der Waals surface area contributed by atoms with Gasteiger partial charge >= 0.3 is 0 Å². The maximum absolute atomic E-state index is 11.8. The Morgan fingerprint density at radius 1 is 1.40 bits per heavy atom. The van der Waals surface area contributed by atoms with E-state index >= 15 is 0 Å². The second kappa shape index (κ2) is 6.38. The zero-order valence-electron chi connectivity index (χ0n) is 11.6. The number of likely N-dealkylation sites (N-methyl/N-ethyl adjacent to an activating group) is 1. The number of rotatable bonds is 4. The highest BCUT2D eigenvalue weighted by atomic mass is 16.2. The average Bonchev–Trinajstić information content (AvgIpc) is 2.40. The normalized spacial score (nSPS) is 16.2. The van der Waals surface area contributed by atoms with Crippen LogP contribution in [0.3, 0.4) is 0 Å². The van der Waals surface area contributed by atoms with Crippen molar-refractivity contribution in [2.75, 3.05) is 44.3 Å². The van der Waals surface area contributed by atoms with Crippen molar-refractivity contribution in [3.05, 3.63) is 24.3 Å². The highest BCUT2D eigenvalue weighted by Gasteiger charge is 2.20. The van der Waals surface area contributed by atoms with E-state index in [4.69, 9.17) is 5.73 Å². The molecule has 1 saturated heterocycles. The lowest BCUT2D eigenvalue weighted by Crippen LogP contribution is -2.49. The lowest BCUT2D eigenvalue weighted by atomic mass is 10.2. The maximum Gasteiger partial charge on any atom is 0.236 e. The molecule has 0 spiro atoms. The molecular weight excluding hydrogens is 256 g/mol. The predicted octanol–water partition coefficient (Wildman–Crippen LogP) is 0.371. The number of nitrogens with one attached hydrogen (secondary N) is 1. The largest absolute Gasteiger partial charge is 0.399 e. The molecule has 2 amide bonds. The standard InChI is InChI=1S/C14H20N4O2/c1-17-7-8-18(10-14(17)20)6-5-13(19)16-12-4-2-3-11(15)9-12/h2-4,9H,5-8,10,15H2,1H3,(H,16,19). The van der Waals surface area contributed by atoms with Crippen LogP contribution in [0.2, 0.25) is 0 Å². The molecular formula is C14H20N4O2. The van der Waals surface area contributed by atoms with Crippen LogP contribution in [-0.4, -0.2) is 54.8 Å². The summed E-state index contributed by atoms with van der Waals surface area (Å²) in [4.78, 5) is 27.1. The Morgan fingerprint density at radius 2 is 2.20 bits per heavy atom. The quantitative estimate of drug-likeness (QED) is 0.779. The summed E-state index contributed by atoms with van der Waals surface area (Å²) < 4.78 is 0. The van der Waals surface area contributed by atoms with Gasteiger partial charge in [-0.2, -0.15) is 0 Å². The number of benzene rings is 1. The summed E-state index contributed by atoms with van der Waals surface area (Å²) in [5, 5.41) is 2.80. The molecule has 1 fully saturated rings. The monoisotopic (exact) mass is 276 g/mol. The predicted molar refractivity (Wildman–Crippen MR) is 78.2 cm³/mol. The third-order valence-corrected chi connectivity index (χ3v) is 3.36. The Kier molecular flexibility index (Phi) is 4.57. The summed E-state index contributed by atoms with van der Waals surface area (Å²) in [5.41, 5.74) is 6.97. The molecule has 1 aromatic carbocycles. The Labute approximate surface area is 118 Å². The van der Waals surface area contributed by atoms with Crippen molar-refractivity contribution in [3.8, 4) is 0 Å². The van der Waals surface area contributed by atoms with Crippen LogP contribution >= 0.6 is 0 Å². The van der Waals surface area contributed by atoms with Crippen molar-refractivity contribution < 1.29 is 9.59 Å². The maximum atomic E-state index is 11.8. The smallest absolute Gasteiger partial charge is 0.236 e. The van der Waals surface area contributed by atoms with Crippen LogP contribution in [0, 0.1) is 0 Å². The van der Waals surface area contributed by atoms with Crippen LogP contribution in [0.1, 0.15) is 6.42 Å². The molecule has 0 radical (unpaired) electrons. The van der Waals surface area contributed by atoms with Gasteiger partial charge in [-0.3, -0.25) is 14.5 Å². The third-order valence-electron chi connectivity index (χ3n) is 3.36. The van der Waals surface area contributed by atoms with E-state index < -0.39 is 0 Å². The van der Waals surface area contributed by atoms with Crippen molar-refractivity contribution in [1.82, 2.24) is 9.80 Å². The summed E-state index contributed by atoms with van der Waals surface area (Å²) in [5.74, 6) is 0.0365. The van der Waals surface area contributed by atoms with Gasteiger partial charge in [0.25, 0.3) is 0 Å². The SMILES string of the molecule is CN1CCN(CCC(=O)Nc2cccc(N)c2)CC1=O. The number of nitrogens with zero attached hydrogens (tertiary/aromatic N) is 2. The van der Waals surface area contributed by atoms with Gasteiger partial charge in [0.2, 0.25) is 11.8 Å². The van der Waals surface area contributed by atoms with Crippen molar-refractivity contribution in [2.24, 2.45) is 0 Å². The molecule has 0 saturated carbocycles. The average molecular weight is 276 g/mol. The molecule has 0 bridgehead atoms. The number of carbonyl (C=O) groups is 2. The minimum absolute atomic E-state index is 0.0676. The van der Waals surface area contributed by atoms with Crippen molar-refractivity contribution in [1.29, 1.82) is 0 Å². The highest BCUT2D eigenvalue weighted by molar-refractivity contribution is 5.91. The molecule has 6 nitrogen and oxygen atoms in total. The number of hydrogen-bond acceptors (Lipinski definition) is 4. The van der Waals surface area contributed by atoms with E-state index in [-0.39, 0.29) is 11.8 Å². The Hall–Kier alpha value is -2.08. The molecule has 6 heteroatoms. The van der Waals surface area contributed by atoms with Crippen molar-refractivity contribution >= 4 is 23.2 Å². The van der Waals surface area contributed by atoms with Crippen molar-refractivity contribution in [2.45, 2.75) is 6.42 Å². The lowest BCUT2D eigenvalue weighted by Gasteiger charge is -2.31. The summed E-state index contributed by atoms with van der Waals surface area (Å²) in [7, 11) is 1.80. The fraction of sp³-hybridized carbons (Fsp3) is 0.429. The molecule has 0 atom stereocenters. The van der Waals surface area contributed by atoms with Gasteiger partial charge < -0.3 is 16.0 Å². The summed E-state index contributed by atoms with van der Waals surface area (Å²) in [6, 6.07) is 7.08. The van der Waals surface area contributed by atoms with Gasteiger partial charge in [0.05, 0.1) is 6.54 Å². The topological polar surface area (TPSA) is 78.7 Å². The van der Waals surface area contributed by atoms with Crippen molar-refractivity contribution in [3.63, 3.8) is 0 Å². The first kappa shape index (κ1) is 14.3. The van der Waals surface area contributed by atoms with E-state index in [1.807, 2.05) is 4.90 Å². The number of anilines is 2. The zero-order valence-corrected chi connectivity index (χ0v) is 11.6. The molecule has 1 aliphatic rings. The van der Waals surface area contributed by atoms with E-state index in [0.717, 1.165) is 13.1 Å². The van der Waals surface area contributed by atoms with Gasteiger partial charge in [-0.1, -0.05) is 6.07 Å². The number of amides is 2. The molecule has 20 heavy (non-hydrogen) atoms.